The van der Waals surface area contributed by atoms with Crippen LogP contribution in [-0.4, -0.2) is 33.7 Å². The first kappa shape index (κ1) is 16.9. The van der Waals surface area contributed by atoms with Crippen molar-refractivity contribution in [1.82, 2.24) is 0 Å². The van der Waals surface area contributed by atoms with E-state index in [-0.39, 0.29) is 5.69 Å². The van der Waals surface area contributed by atoms with E-state index in [9.17, 15) is 24.5 Å². The smallest absolute Gasteiger partial charge is 0.350 e. The summed E-state index contributed by atoms with van der Waals surface area (Å²) in [6.07, 6.45) is 0.979. The molecule has 0 atom stereocenters. The summed E-state index contributed by atoms with van der Waals surface area (Å²) in [6, 6.07) is 3.22. The number of carboxylic acid groups (broad SMARTS) is 1. The van der Waals surface area contributed by atoms with Crippen LogP contribution in [0.5, 0.6) is 0 Å². The number of carbonyl (C=O) groups excluding carboxylic acids is 2. The van der Waals surface area contributed by atoms with Crippen molar-refractivity contribution in [3.63, 3.8) is 0 Å². The Morgan fingerprint density at radius 3 is 2.38 bits per heavy atom. The maximum absolute atomic E-state index is 11.7. The molecule has 10 nitrogen and oxygen atoms in total. The second-order valence-corrected chi connectivity index (χ2v) is 5.18. The van der Waals surface area contributed by atoms with Crippen molar-refractivity contribution >= 4 is 29.3 Å². The van der Waals surface area contributed by atoms with Crippen molar-refractivity contribution in [3.05, 3.63) is 45.6 Å². The number of hydrogen-bond donors (Lipinski definition) is 2. The van der Waals surface area contributed by atoms with Gasteiger partial charge in [0, 0.05) is 31.8 Å². The molecule has 1 aliphatic rings. The van der Waals surface area contributed by atoms with Crippen molar-refractivity contribution in [3.8, 4) is 0 Å². The molecule has 126 valence electrons. The molecular weight excluding hydrogens is 324 g/mol. The molecule has 10 heteroatoms. The number of nitro groups is 1. The Kier molecular flexibility index (Phi) is 4.22. The molecular formula is C14H12N2O8. The first-order chi connectivity index (χ1) is 11.1. The van der Waals surface area contributed by atoms with Crippen molar-refractivity contribution in [2.24, 2.45) is 0 Å². The van der Waals surface area contributed by atoms with E-state index in [1.54, 1.807) is 0 Å². The largest absolute Gasteiger partial charge is 0.477 e. The lowest BCUT2D eigenvalue weighted by molar-refractivity contribution is -0.385. The normalized spacial score (nSPS) is 16.0. The van der Waals surface area contributed by atoms with Crippen LogP contribution in [0.3, 0.4) is 0 Å². The predicted molar refractivity (Wildman–Crippen MR) is 78.0 cm³/mol. The zero-order valence-corrected chi connectivity index (χ0v) is 12.6. The Bertz CT molecular complexity index is 759. The monoisotopic (exact) mass is 336 g/mol. The van der Waals surface area contributed by atoms with E-state index in [4.69, 9.17) is 14.6 Å². The third-order valence-electron chi connectivity index (χ3n) is 2.92. The highest BCUT2D eigenvalue weighted by Crippen LogP contribution is 2.25. The molecule has 0 aliphatic carbocycles. The number of cyclic esters (lactones) is 2. The minimum atomic E-state index is -1.49. The molecule has 1 aliphatic heterocycles. The fourth-order valence-electron chi connectivity index (χ4n) is 1.89. The predicted octanol–water partition coefficient (Wildman–Crippen LogP) is 1.42. The van der Waals surface area contributed by atoms with E-state index in [0.717, 1.165) is 18.3 Å². The molecule has 2 N–H and O–H groups in total. The van der Waals surface area contributed by atoms with Gasteiger partial charge in [-0.2, -0.15) is 0 Å². The van der Waals surface area contributed by atoms with Gasteiger partial charge in [0.1, 0.15) is 5.56 Å². The number of nitro benzene ring substituents is 1. The van der Waals surface area contributed by atoms with Gasteiger partial charge < -0.3 is 19.9 Å². The fourth-order valence-corrected chi connectivity index (χ4v) is 1.89. The Balaban J connectivity index is 2.27. The Hall–Kier alpha value is -3.43. The zero-order chi connectivity index (χ0) is 18.1. The highest BCUT2D eigenvalue weighted by atomic mass is 16.7. The zero-order valence-electron chi connectivity index (χ0n) is 12.6. The summed E-state index contributed by atoms with van der Waals surface area (Å²) < 4.78 is 9.77. The number of hydrogen-bond acceptors (Lipinski definition) is 8. The number of nitrogens with one attached hydrogen (secondary N) is 1. The van der Waals surface area contributed by atoms with Gasteiger partial charge in [-0.25, -0.2) is 14.4 Å². The van der Waals surface area contributed by atoms with Crippen LogP contribution in [0.15, 0.2) is 30.0 Å². The van der Waals surface area contributed by atoms with Crippen molar-refractivity contribution < 1.29 is 33.9 Å². The highest BCUT2D eigenvalue weighted by Gasteiger charge is 2.38. The molecule has 1 heterocycles. The highest BCUT2D eigenvalue weighted by molar-refractivity contribution is 6.15. The minimum absolute atomic E-state index is 0.121. The fraction of sp³-hybridized carbons (Fsp3) is 0.214. The van der Waals surface area contributed by atoms with Crippen LogP contribution in [0.2, 0.25) is 0 Å². The average molecular weight is 336 g/mol. The van der Waals surface area contributed by atoms with Crippen LogP contribution in [0.25, 0.3) is 0 Å². The van der Waals surface area contributed by atoms with E-state index in [1.807, 2.05) is 0 Å². The number of anilines is 1. The van der Waals surface area contributed by atoms with Crippen LogP contribution < -0.4 is 5.32 Å². The molecule has 2 rings (SSSR count). The van der Waals surface area contributed by atoms with Gasteiger partial charge in [-0.1, -0.05) is 0 Å². The van der Waals surface area contributed by atoms with Crippen LogP contribution >= 0.6 is 0 Å². The molecule has 0 unspecified atom stereocenters. The van der Waals surface area contributed by atoms with Crippen LogP contribution in [0, 0.1) is 10.1 Å². The van der Waals surface area contributed by atoms with E-state index in [0.29, 0.717) is 0 Å². The average Bonchev–Trinajstić information content (AvgIpc) is 2.44. The number of aromatic carboxylic acids is 1. The molecule has 1 saturated heterocycles. The lowest BCUT2D eigenvalue weighted by Gasteiger charge is -2.29. The van der Waals surface area contributed by atoms with Crippen LogP contribution in [-0.2, 0) is 19.1 Å². The number of nitrogens with zero attached hydrogens (tertiary/aromatic N) is 1. The van der Waals surface area contributed by atoms with Crippen molar-refractivity contribution in [1.29, 1.82) is 0 Å². The summed E-state index contributed by atoms with van der Waals surface area (Å²) in [6.45, 7) is 2.78. The summed E-state index contributed by atoms with van der Waals surface area (Å²) in [7, 11) is 0. The van der Waals surface area contributed by atoms with Gasteiger partial charge in [0.05, 0.1) is 4.92 Å². The number of rotatable bonds is 4. The van der Waals surface area contributed by atoms with Crippen LogP contribution in [0.4, 0.5) is 11.4 Å². The Labute approximate surface area is 134 Å². The summed E-state index contributed by atoms with van der Waals surface area (Å²) in [5.74, 6) is -4.69. The molecule has 0 saturated carbocycles. The van der Waals surface area contributed by atoms with E-state index in [2.05, 4.69) is 5.32 Å². The molecule has 1 aromatic rings. The molecule has 0 bridgehead atoms. The van der Waals surface area contributed by atoms with Gasteiger partial charge in [0.25, 0.3) is 11.5 Å². The Morgan fingerprint density at radius 1 is 1.29 bits per heavy atom. The number of carboxylic acids is 1. The van der Waals surface area contributed by atoms with Crippen molar-refractivity contribution in [2.75, 3.05) is 5.32 Å². The number of benzene rings is 1. The Morgan fingerprint density at radius 2 is 1.88 bits per heavy atom. The maximum Gasteiger partial charge on any atom is 0.350 e. The van der Waals surface area contributed by atoms with Gasteiger partial charge in [-0.3, -0.25) is 10.1 Å². The summed E-state index contributed by atoms with van der Waals surface area (Å²) in [5, 5.41) is 22.3. The molecule has 0 radical (unpaired) electrons. The summed E-state index contributed by atoms with van der Waals surface area (Å²) in [4.78, 5) is 44.5. The topological polar surface area (TPSA) is 145 Å². The van der Waals surface area contributed by atoms with Gasteiger partial charge >= 0.3 is 17.9 Å². The van der Waals surface area contributed by atoms with Gasteiger partial charge in [-0.05, 0) is 12.1 Å². The lowest BCUT2D eigenvalue weighted by atomic mass is 10.1. The number of ether oxygens (including phenoxy) is 2. The molecule has 0 aromatic heterocycles. The van der Waals surface area contributed by atoms with Crippen LogP contribution in [0.1, 0.15) is 24.2 Å². The SMILES string of the molecule is CC1(C)OC(=O)C(=CNc2ccc([N+](=O)[O-])c(C(=O)O)c2)C(=O)O1. The molecule has 0 spiro atoms. The van der Waals surface area contributed by atoms with Crippen molar-refractivity contribution in [2.45, 2.75) is 19.6 Å². The molecule has 24 heavy (non-hydrogen) atoms. The third kappa shape index (κ3) is 3.48. The van der Waals surface area contributed by atoms with Gasteiger partial charge in [0.15, 0.2) is 5.57 Å². The molecule has 0 amide bonds. The number of esters is 2. The molecule has 1 aromatic carbocycles. The van der Waals surface area contributed by atoms with E-state index < -0.39 is 45.4 Å². The van der Waals surface area contributed by atoms with Gasteiger partial charge in [0.2, 0.25) is 0 Å². The van der Waals surface area contributed by atoms with E-state index >= 15 is 0 Å². The minimum Gasteiger partial charge on any atom is -0.477 e. The number of carbonyl (C=O) groups is 3. The summed E-state index contributed by atoms with van der Waals surface area (Å²) in [5.41, 5.74) is -1.43. The second-order valence-electron chi connectivity index (χ2n) is 5.18. The first-order valence-electron chi connectivity index (χ1n) is 6.56. The third-order valence-corrected chi connectivity index (χ3v) is 2.92. The first-order valence-corrected chi connectivity index (χ1v) is 6.56. The van der Waals surface area contributed by atoms with E-state index in [1.165, 1.54) is 19.9 Å². The standard InChI is InChI=1S/C14H12N2O8/c1-14(2)23-12(19)9(13(20)24-14)6-15-7-3-4-10(16(21)22)8(5-7)11(17)18/h3-6,15H,1-2H3,(H,17,18). The molecule has 1 fully saturated rings. The maximum atomic E-state index is 11.7. The lowest BCUT2D eigenvalue weighted by Crippen LogP contribution is -2.42. The summed E-state index contributed by atoms with van der Waals surface area (Å²) >= 11 is 0. The quantitative estimate of drug-likeness (QED) is 0.274. The second kappa shape index (κ2) is 5.99. The van der Waals surface area contributed by atoms with Gasteiger partial charge in [-0.15, -0.1) is 0 Å².